The molecule has 2 aliphatic carbocycles. The summed E-state index contributed by atoms with van der Waals surface area (Å²) in [5.74, 6) is 2.53. The maximum Gasteiger partial charge on any atom is 0.107 e. The predicted octanol–water partition coefficient (Wildman–Crippen LogP) is 3.72. The summed E-state index contributed by atoms with van der Waals surface area (Å²) in [6, 6.07) is 8.98. The van der Waals surface area contributed by atoms with Gasteiger partial charge in [-0.15, -0.1) is 0 Å². The molecule has 2 heterocycles. The average Bonchev–Trinajstić information content (AvgIpc) is 2.40. The lowest BCUT2D eigenvalue weighted by Gasteiger charge is -2.42. The van der Waals surface area contributed by atoms with Crippen molar-refractivity contribution in [3.63, 3.8) is 0 Å². The number of allylic oxidation sites excluding steroid dienone is 2. The van der Waals surface area contributed by atoms with Gasteiger partial charge in [0.2, 0.25) is 0 Å². The largest absolute Gasteiger partial charge is 0.492 e. The van der Waals surface area contributed by atoms with Gasteiger partial charge in [-0.05, 0) is 42.9 Å². The van der Waals surface area contributed by atoms with Crippen LogP contribution in [0.15, 0.2) is 36.1 Å². The highest BCUT2D eigenvalue weighted by atomic mass is 16.5. The maximum absolute atomic E-state index is 6.08. The molecule has 1 fully saturated rings. The minimum absolute atomic E-state index is 0.0939. The van der Waals surface area contributed by atoms with Gasteiger partial charge in [0.05, 0.1) is 5.76 Å². The Bertz CT molecular complexity index is 488. The first-order valence-corrected chi connectivity index (χ1v) is 6.22. The SMILES string of the molecule is CC12CC3C=C(CC(C1)c1ccccc13)O2. The van der Waals surface area contributed by atoms with Crippen LogP contribution in [0.1, 0.15) is 49.1 Å². The van der Waals surface area contributed by atoms with E-state index in [1.165, 1.54) is 12.2 Å². The normalized spacial score (nSPS) is 38.7. The molecular formula is C15H16O. The third-order valence-corrected chi connectivity index (χ3v) is 4.38. The van der Waals surface area contributed by atoms with E-state index in [4.69, 9.17) is 4.74 Å². The molecule has 3 atom stereocenters. The highest BCUT2D eigenvalue weighted by molar-refractivity contribution is 5.42. The summed E-state index contributed by atoms with van der Waals surface area (Å²) in [6.45, 7) is 2.28. The summed E-state index contributed by atoms with van der Waals surface area (Å²) in [4.78, 5) is 0. The van der Waals surface area contributed by atoms with Gasteiger partial charge in [-0.25, -0.2) is 0 Å². The molecule has 1 aromatic rings. The second-order valence-electron chi connectivity index (χ2n) is 5.73. The second-order valence-corrected chi connectivity index (χ2v) is 5.73. The standard InChI is InChI=1S/C15H16O/c1-15-8-10-6-12(16-15)7-11(9-15)14-5-3-2-4-13(10)14/h2-6,10-11H,7-9H2,1H3. The first-order chi connectivity index (χ1) is 7.73. The van der Waals surface area contributed by atoms with Crippen molar-refractivity contribution in [1.82, 2.24) is 0 Å². The maximum atomic E-state index is 6.08. The minimum atomic E-state index is 0.0939. The molecule has 2 aliphatic heterocycles. The van der Waals surface area contributed by atoms with E-state index in [9.17, 15) is 0 Å². The highest BCUT2D eigenvalue weighted by Crippen LogP contribution is 2.54. The van der Waals surface area contributed by atoms with Crippen LogP contribution in [0.4, 0.5) is 0 Å². The Morgan fingerprint density at radius 2 is 2.00 bits per heavy atom. The summed E-state index contributed by atoms with van der Waals surface area (Å²) < 4.78 is 6.08. The Morgan fingerprint density at radius 3 is 2.81 bits per heavy atom. The van der Waals surface area contributed by atoms with Crippen LogP contribution < -0.4 is 0 Å². The van der Waals surface area contributed by atoms with E-state index in [0.717, 1.165) is 12.8 Å². The van der Waals surface area contributed by atoms with Crippen LogP contribution in [0.25, 0.3) is 0 Å². The summed E-state index contributed by atoms with van der Waals surface area (Å²) in [7, 11) is 0. The fraction of sp³-hybridized carbons (Fsp3) is 0.467. The number of hydrogen-bond donors (Lipinski definition) is 0. The molecular weight excluding hydrogens is 196 g/mol. The molecule has 0 amide bonds. The first kappa shape index (κ1) is 8.86. The molecule has 4 aliphatic rings. The Morgan fingerprint density at radius 1 is 1.19 bits per heavy atom. The monoisotopic (exact) mass is 212 g/mol. The Balaban J connectivity index is 1.97. The molecule has 5 rings (SSSR count). The number of rotatable bonds is 0. The van der Waals surface area contributed by atoms with E-state index in [-0.39, 0.29) is 5.60 Å². The number of hydrogen-bond acceptors (Lipinski definition) is 1. The molecule has 1 saturated heterocycles. The molecule has 0 aromatic heterocycles. The fourth-order valence-electron chi connectivity index (χ4n) is 3.85. The van der Waals surface area contributed by atoms with Gasteiger partial charge in [0.25, 0.3) is 0 Å². The van der Waals surface area contributed by atoms with Crippen LogP contribution in [0.3, 0.4) is 0 Å². The van der Waals surface area contributed by atoms with Crippen molar-refractivity contribution < 1.29 is 4.74 Å². The lowest BCUT2D eigenvalue weighted by Crippen LogP contribution is -2.37. The van der Waals surface area contributed by atoms with Gasteiger partial charge in [-0.3, -0.25) is 0 Å². The van der Waals surface area contributed by atoms with Crippen molar-refractivity contribution in [2.75, 3.05) is 0 Å². The zero-order valence-electron chi connectivity index (χ0n) is 9.57. The van der Waals surface area contributed by atoms with E-state index >= 15 is 0 Å². The Kier molecular flexibility index (Phi) is 1.50. The lowest BCUT2D eigenvalue weighted by atomic mass is 9.80. The third-order valence-electron chi connectivity index (χ3n) is 4.38. The predicted molar refractivity (Wildman–Crippen MR) is 63.3 cm³/mol. The number of ether oxygens (including phenoxy) is 1. The fourth-order valence-corrected chi connectivity index (χ4v) is 3.85. The van der Waals surface area contributed by atoms with Crippen molar-refractivity contribution in [2.24, 2.45) is 0 Å². The van der Waals surface area contributed by atoms with Crippen molar-refractivity contribution in [3.8, 4) is 0 Å². The molecule has 0 N–H and O–H groups in total. The molecule has 82 valence electrons. The third kappa shape index (κ3) is 1.06. The molecule has 1 aromatic carbocycles. The van der Waals surface area contributed by atoms with Crippen molar-refractivity contribution in [3.05, 3.63) is 47.2 Å². The summed E-state index contributed by atoms with van der Waals surface area (Å²) in [5, 5.41) is 0. The van der Waals surface area contributed by atoms with Crippen molar-refractivity contribution >= 4 is 0 Å². The second kappa shape index (κ2) is 2.71. The minimum Gasteiger partial charge on any atom is -0.492 e. The lowest BCUT2D eigenvalue weighted by molar-refractivity contribution is -0.0422. The van der Waals surface area contributed by atoms with Gasteiger partial charge in [-0.1, -0.05) is 24.3 Å². The van der Waals surface area contributed by atoms with E-state index < -0.39 is 0 Å². The summed E-state index contributed by atoms with van der Waals surface area (Å²) >= 11 is 0. The van der Waals surface area contributed by atoms with Crippen LogP contribution in [-0.2, 0) is 4.74 Å². The van der Waals surface area contributed by atoms with Gasteiger partial charge in [-0.2, -0.15) is 0 Å². The van der Waals surface area contributed by atoms with Gasteiger partial charge >= 0.3 is 0 Å². The smallest absolute Gasteiger partial charge is 0.107 e. The molecule has 4 bridgehead atoms. The van der Waals surface area contributed by atoms with Crippen molar-refractivity contribution in [1.29, 1.82) is 0 Å². The van der Waals surface area contributed by atoms with Gasteiger partial charge < -0.3 is 4.74 Å². The van der Waals surface area contributed by atoms with Gasteiger partial charge in [0, 0.05) is 12.3 Å². The first-order valence-electron chi connectivity index (χ1n) is 6.22. The van der Waals surface area contributed by atoms with E-state index in [2.05, 4.69) is 37.3 Å². The van der Waals surface area contributed by atoms with E-state index in [1.807, 2.05) is 0 Å². The zero-order chi connectivity index (χ0) is 10.8. The topological polar surface area (TPSA) is 9.23 Å². The van der Waals surface area contributed by atoms with Crippen LogP contribution in [0.5, 0.6) is 0 Å². The quantitative estimate of drug-likeness (QED) is 0.636. The zero-order valence-corrected chi connectivity index (χ0v) is 9.57. The Hall–Kier alpha value is -1.24. The summed E-state index contributed by atoms with van der Waals surface area (Å²) in [6.07, 6.45) is 5.82. The average molecular weight is 212 g/mol. The van der Waals surface area contributed by atoms with E-state index in [0.29, 0.717) is 11.8 Å². The van der Waals surface area contributed by atoms with Gasteiger partial charge in [0.1, 0.15) is 5.60 Å². The van der Waals surface area contributed by atoms with Gasteiger partial charge in [0.15, 0.2) is 0 Å². The van der Waals surface area contributed by atoms with Crippen LogP contribution in [0.2, 0.25) is 0 Å². The molecule has 16 heavy (non-hydrogen) atoms. The molecule has 1 nitrogen and oxygen atoms in total. The highest BCUT2D eigenvalue weighted by Gasteiger charge is 2.45. The van der Waals surface area contributed by atoms with Crippen LogP contribution >= 0.6 is 0 Å². The summed E-state index contributed by atoms with van der Waals surface area (Å²) in [5.41, 5.74) is 3.22. The molecule has 0 radical (unpaired) electrons. The molecule has 0 spiro atoms. The van der Waals surface area contributed by atoms with Crippen LogP contribution in [0, 0.1) is 0 Å². The molecule has 3 unspecified atom stereocenters. The van der Waals surface area contributed by atoms with Crippen LogP contribution in [-0.4, -0.2) is 5.60 Å². The van der Waals surface area contributed by atoms with E-state index in [1.54, 1.807) is 11.1 Å². The Labute approximate surface area is 96.1 Å². The number of benzene rings is 1. The molecule has 1 heteroatoms. The molecule has 0 saturated carbocycles. The van der Waals surface area contributed by atoms with Crippen molar-refractivity contribution in [2.45, 2.75) is 43.6 Å².